The first-order valence-electron chi connectivity index (χ1n) is 5.38. The van der Waals surface area contributed by atoms with Crippen LogP contribution in [0.15, 0.2) is 35.3 Å². The van der Waals surface area contributed by atoms with Crippen molar-refractivity contribution in [2.45, 2.75) is 13.0 Å². The fourth-order valence-corrected chi connectivity index (χ4v) is 1.85. The summed E-state index contributed by atoms with van der Waals surface area (Å²) in [6.07, 6.45) is 0.179. The van der Waals surface area contributed by atoms with Crippen molar-refractivity contribution in [3.8, 4) is 5.75 Å². The van der Waals surface area contributed by atoms with E-state index in [2.05, 4.69) is 22.5 Å². The molecule has 0 amide bonds. The Hall–Kier alpha value is -1.33. The first kappa shape index (κ1) is 14.7. The van der Waals surface area contributed by atoms with Crippen molar-refractivity contribution in [1.82, 2.24) is 0 Å². The lowest BCUT2D eigenvalue weighted by Gasteiger charge is -2.12. The number of aryl methyl sites for hydroxylation is 1. The molecule has 0 heterocycles. The largest absolute Gasteiger partial charge is 0.491 e. The summed E-state index contributed by atoms with van der Waals surface area (Å²) >= 11 is 3.36. The van der Waals surface area contributed by atoms with Crippen molar-refractivity contribution in [3.05, 3.63) is 40.9 Å². The van der Waals surface area contributed by atoms with Gasteiger partial charge in [0.1, 0.15) is 25.1 Å². The van der Waals surface area contributed by atoms with Gasteiger partial charge in [0.2, 0.25) is 0 Å². The number of benzene rings is 1. The van der Waals surface area contributed by atoms with Crippen LogP contribution in [0.1, 0.15) is 5.56 Å². The Labute approximate surface area is 114 Å². The van der Waals surface area contributed by atoms with Crippen molar-refractivity contribution >= 4 is 21.9 Å². The van der Waals surface area contributed by atoms with Crippen LogP contribution < -0.4 is 4.74 Å². The summed E-state index contributed by atoms with van der Waals surface area (Å²) in [5, 5.41) is 9.55. The van der Waals surface area contributed by atoms with Crippen molar-refractivity contribution in [1.29, 1.82) is 0 Å². The highest BCUT2D eigenvalue weighted by Gasteiger charge is 2.08. The van der Waals surface area contributed by atoms with E-state index in [1.54, 1.807) is 6.07 Å². The maximum atomic E-state index is 10.8. The lowest BCUT2D eigenvalue weighted by atomic mass is 10.2. The van der Waals surface area contributed by atoms with Crippen LogP contribution >= 0.6 is 15.9 Å². The number of hydrogen-bond acceptors (Lipinski definition) is 4. The molecule has 4 nitrogen and oxygen atoms in total. The second kappa shape index (κ2) is 7.18. The Morgan fingerprint density at radius 3 is 2.83 bits per heavy atom. The zero-order valence-electron chi connectivity index (χ0n) is 10.1. The van der Waals surface area contributed by atoms with E-state index >= 15 is 0 Å². The predicted molar refractivity (Wildman–Crippen MR) is 71.5 cm³/mol. The molecule has 0 fully saturated rings. The number of aliphatic hydroxyl groups excluding tert-OH is 1. The SMILES string of the molecule is C=CC(=O)OCC(O)COc1cc(C)cc(Br)c1. The van der Waals surface area contributed by atoms with Gasteiger partial charge in [0.25, 0.3) is 0 Å². The van der Waals surface area contributed by atoms with Gasteiger partial charge >= 0.3 is 5.97 Å². The maximum absolute atomic E-state index is 10.8. The quantitative estimate of drug-likeness (QED) is 0.646. The number of rotatable bonds is 6. The molecule has 1 rings (SSSR count). The third kappa shape index (κ3) is 5.33. The van der Waals surface area contributed by atoms with Crippen molar-refractivity contribution < 1.29 is 19.4 Å². The molecule has 1 atom stereocenters. The zero-order valence-corrected chi connectivity index (χ0v) is 11.6. The Morgan fingerprint density at radius 2 is 2.22 bits per heavy atom. The smallest absolute Gasteiger partial charge is 0.330 e. The Balaban J connectivity index is 2.39. The molecular weight excluding hydrogens is 300 g/mol. The molecular formula is C13H15BrO4. The molecule has 1 aromatic carbocycles. The van der Waals surface area contributed by atoms with Crippen molar-refractivity contribution in [2.24, 2.45) is 0 Å². The minimum Gasteiger partial charge on any atom is -0.491 e. The molecule has 5 heteroatoms. The molecule has 0 aliphatic carbocycles. The summed E-state index contributed by atoms with van der Waals surface area (Å²) in [5.74, 6) is 0.0864. The number of halogens is 1. The zero-order chi connectivity index (χ0) is 13.5. The van der Waals surface area contributed by atoms with Crippen LogP contribution in [0.4, 0.5) is 0 Å². The second-order valence-corrected chi connectivity index (χ2v) is 4.68. The average Bonchev–Trinajstić information content (AvgIpc) is 2.32. The van der Waals surface area contributed by atoms with Gasteiger partial charge in [-0.15, -0.1) is 0 Å². The van der Waals surface area contributed by atoms with E-state index in [-0.39, 0.29) is 13.2 Å². The Kier molecular flexibility index (Phi) is 5.88. The minimum absolute atomic E-state index is 0.0559. The van der Waals surface area contributed by atoms with E-state index in [9.17, 15) is 9.90 Å². The monoisotopic (exact) mass is 314 g/mol. The van der Waals surface area contributed by atoms with Crippen LogP contribution in [0.2, 0.25) is 0 Å². The molecule has 0 saturated heterocycles. The topological polar surface area (TPSA) is 55.8 Å². The maximum Gasteiger partial charge on any atom is 0.330 e. The van der Waals surface area contributed by atoms with Gasteiger partial charge in [0.05, 0.1) is 0 Å². The fourth-order valence-electron chi connectivity index (χ4n) is 1.26. The normalized spacial score (nSPS) is 11.7. The minimum atomic E-state index is -0.867. The molecule has 1 aromatic rings. The molecule has 0 spiro atoms. The van der Waals surface area contributed by atoms with Gasteiger partial charge in [-0.1, -0.05) is 22.5 Å². The lowest BCUT2D eigenvalue weighted by Crippen LogP contribution is -2.24. The summed E-state index contributed by atoms with van der Waals surface area (Å²) in [7, 11) is 0. The molecule has 1 unspecified atom stereocenters. The first-order chi connectivity index (χ1) is 8.51. The first-order valence-corrected chi connectivity index (χ1v) is 6.18. The van der Waals surface area contributed by atoms with Gasteiger partial charge in [-0.05, 0) is 30.7 Å². The number of carbonyl (C=O) groups is 1. The summed E-state index contributed by atoms with van der Waals surface area (Å²) in [6, 6.07) is 5.61. The number of carbonyl (C=O) groups excluding carboxylic acids is 1. The van der Waals surface area contributed by atoms with Gasteiger partial charge in [-0.2, -0.15) is 0 Å². The molecule has 0 aliphatic rings. The van der Waals surface area contributed by atoms with Crippen LogP contribution in [-0.2, 0) is 9.53 Å². The van der Waals surface area contributed by atoms with Crippen LogP contribution in [0.25, 0.3) is 0 Å². The molecule has 1 N–H and O–H groups in total. The van der Waals surface area contributed by atoms with Crippen molar-refractivity contribution in [3.63, 3.8) is 0 Å². The van der Waals surface area contributed by atoms with Crippen LogP contribution in [0.5, 0.6) is 5.75 Å². The highest BCUT2D eigenvalue weighted by atomic mass is 79.9. The fraction of sp³-hybridized carbons (Fsp3) is 0.308. The standard InChI is InChI=1S/C13H15BrO4/c1-3-13(16)18-8-11(15)7-17-12-5-9(2)4-10(14)6-12/h3-6,11,15H,1,7-8H2,2H3. The van der Waals surface area contributed by atoms with E-state index in [0.717, 1.165) is 16.1 Å². The number of esters is 1. The van der Waals surface area contributed by atoms with Crippen LogP contribution in [0.3, 0.4) is 0 Å². The van der Waals surface area contributed by atoms with E-state index < -0.39 is 12.1 Å². The molecule has 18 heavy (non-hydrogen) atoms. The summed E-state index contributed by atoms with van der Waals surface area (Å²) < 4.78 is 11.0. The van der Waals surface area contributed by atoms with E-state index in [0.29, 0.717) is 5.75 Å². The van der Waals surface area contributed by atoms with E-state index in [1.807, 2.05) is 19.1 Å². The van der Waals surface area contributed by atoms with Crippen molar-refractivity contribution in [2.75, 3.05) is 13.2 Å². The second-order valence-electron chi connectivity index (χ2n) is 3.76. The summed E-state index contributed by atoms with van der Waals surface area (Å²) in [6.45, 7) is 5.15. The van der Waals surface area contributed by atoms with Gasteiger partial charge < -0.3 is 14.6 Å². The molecule has 0 aliphatic heterocycles. The average molecular weight is 315 g/mol. The molecule has 0 bridgehead atoms. The van der Waals surface area contributed by atoms with Crippen LogP contribution in [0, 0.1) is 6.92 Å². The van der Waals surface area contributed by atoms with E-state index in [4.69, 9.17) is 9.47 Å². The van der Waals surface area contributed by atoms with Gasteiger partial charge in [-0.3, -0.25) is 0 Å². The third-order valence-corrected chi connectivity index (χ3v) is 2.50. The molecule has 0 aromatic heterocycles. The van der Waals surface area contributed by atoms with Gasteiger partial charge in [0, 0.05) is 10.5 Å². The third-order valence-electron chi connectivity index (χ3n) is 2.04. The number of aliphatic hydroxyl groups is 1. The summed E-state index contributed by atoms with van der Waals surface area (Å²) in [5.41, 5.74) is 1.05. The Morgan fingerprint density at radius 1 is 1.50 bits per heavy atom. The number of ether oxygens (including phenoxy) is 2. The predicted octanol–water partition coefficient (Wildman–Crippen LogP) is 2.23. The summed E-state index contributed by atoms with van der Waals surface area (Å²) in [4.78, 5) is 10.8. The van der Waals surface area contributed by atoms with Gasteiger partial charge in [-0.25, -0.2) is 4.79 Å². The molecule has 0 saturated carbocycles. The molecule has 0 radical (unpaired) electrons. The lowest BCUT2D eigenvalue weighted by molar-refractivity contribution is -0.141. The molecule has 98 valence electrons. The Bertz CT molecular complexity index is 411. The van der Waals surface area contributed by atoms with E-state index in [1.165, 1.54) is 0 Å². The van der Waals surface area contributed by atoms with Gasteiger partial charge in [0.15, 0.2) is 0 Å². The van der Waals surface area contributed by atoms with Crippen LogP contribution in [-0.4, -0.2) is 30.4 Å². The highest BCUT2D eigenvalue weighted by Crippen LogP contribution is 2.21. The number of hydrogen-bond donors (Lipinski definition) is 1. The highest BCUT2D eigenvalue weighted by molar-refractivity contribution is 9.10.